The summed E-state index contributed by atoms with van der Waals surface area (Å²) in [4.78, 5) is 17.8. The van der Waals surface area contributed by atoms with E-state index in [1.54, 1.807) is 18.7 Å². The van der Waals surface area contributed by atoms with Gasteiger partial charge in [0.15, 0.2) is 5.78 Å². The quantitative estimate of drug-likeness (QED) is 0.595. The first-order valence-corrected chi connectivity index (χ1v) is 8.01. The van der Waals surface area contributed by atoms with Crippen LogP contribution in [-0.4, -0.2) is 10.8 Å². The minimum atomic E-state index is 0.102. The highest BCUT2D eigenvalue weighted by molar-refractivity contribution is 9.10. The summed E-state index contributed by atoms with van der Waals surface area (Å²) >= 11 is 6.64. The zero-order valence-electron chi connectivity index (χ0n) is 10.1. The fraction of sp³-hybridized carbons (Fsp3) is 0.231. The second-order valence-corrected chi connectivity index (χ2v) is 6.87. The fourth-order valence-corrected chi connectivity index (χ4v) is 3.63. The Morgan fingerprint density at radius 3 is 2.61 bits per heavy atom. The van der Waals surface area contributed by atoms with Crippen molar-refractivity contribution in [2.45, 2.75) is 24.5 Å². The second-order valence-electron chi connectivity index (χ2n) is 3.82. The van der Waals surface area contributed by atoms with E-state index in [0.717, 1.165) is 25.8 Å². The van der Waals surface area contributed by atoms with E-state index < -0.39 is 0 Å². The van der Waals surface area contributed by atoms with Crippen LogP contribution in [0.4, 0.5) is 0 Å². The lowest BCUT2D eigenvalue weighted by Gasteiger charge is -1.98. The number of carbonyl (C=O) groups excluding carboxylic acids is 1. The van der Waals surface area contributed by atoms with Crippen LogP contribution in [-0.2, 0) is 5.75 Å². The molecule has 0 spiro atoms. The summed E-state index contributed by atoms with van der Waals surface area (Å²) in [5.74, 6) is 0.908. The zero-order valence-corrected chi connectivity index (χ0v) is 13.3. The number of ketones is 1. The molecule has 2 nitrogen and oxygen atoms in total. The molecule has 0 aliphatic heterocycles. The molecule has 0 N–H and O–H groups in total. The second kappa shape index (κ2) is 5.99. The van der Waals surface area contributed by atoms with Gasteiger partial charge < -0.3 is 0 Å². The molecule has 1 heterocycles. The average molecular weight is 342 g/mol. The van der Waals surface area contributed by atoms with Crippen LogP contribution in [0.2, 0.25) is 0 Å². The molecule has 2 aromatic rings. The van der Waals surface area contributed by atoms with Gasteiger partial charge in [0.05, 0.1) is 16.3 Å². The van der Waals surface area contributed by atoms with E-state index in [9.17, 15) is 4.79 Å². The van der Waals surface area contributed by atoms with E-state index in [2.05, 4.69) is 33.0 Å². The van der Waals surface area contributed by atoms with Gasteiger partial charge in [-0.25, -0.2) is 4.98 Å². The van der Waals surface area contributed by atoms with Crippen LogP contribution in [0.5, 0.6) is 0 Å². The molecule has 0 saturated carbocycles. The lowest BCUT2D eigenvalue weighted by Crippen LogP contribution is -1.89. The van der Waals surface area contributed by atoms with Crippen molar-refractivity contribution in [3.63, 3.8) is 0 Å². The Hall–Kier alpha value is -0.650. The first kappa shape index (κ1) is 13.8. The molecule has 0 aliphatic carbocycles. The van der Waals surface area contributed by atoms with Crippen LogP contribution in [0.25, 0.3) is 0 Å². The van der Waals surface area contributed by atoms with Crippen molar-refractivity contribution in [2.24, 2.45) is 0 Å². The maximum atomic E-state index is 11.3. The van der Waals surface area contributed by atoms with Crippen molar-refractivity contribution in [1.82, 2.24) is 4.98 Å². The highest BCUT2D eigenvalue weighted by Crippen LogP contribution is 2.27. The third-order valence-corrected chi connectivity index (χ3v) is 5.33. The molecule has 0 saturated heterocycles. The first-order valence-electron chi connectivity index (χ1n) is 5.42. The third kappa shape index (κ3) is 3.43. The van der Waals surface area contributed by atoms with Crippen molar-refractivity contribution in [2.75, 3.05) is 0 Å². The number of aryl methyl sites for hydroxylation is 1. The van der Waals surface area contributed by atoms with Crippen LogP contribution in [0, 0.1) is 6.92 Å². The van der Waals surface area contributed by atoms with Gasteiger partial charge in [-0.2, -0.15) is 0 Å². The van der Waals surface area contributed by atoms with E-state index in [1.807, 2.05) is 19.1 Å². The molecule has 1 aromatic heterocycles. The number of thiazole rings is 1. The molecule has 0 unspecified atom stereocenters. The molecule has 0 aliphatic rings. The number of carbonyl (C=O) groups is 1. The minimum Gasteiger partial charge on any atom is -0.294 e. The van der Waals surface area contributed by atoms with Crippen molar-refractivity contribution < 1.29 is 4.79 Å². The molecule has 2 rings (SSSR count). The minimum absolute atomic E-state index is 0.102. The van der Waals surface area contributed by atoms with Crippen molar-refractivity contribution >= 4 is 44.8 Å². The Kier molecular flexibility index (Phi) is 4.59. The van der Waals surface area contributed by atoms with Crippen LogP contribution in [0.15, 0.2) is 33.6 Å². The number of Topliss-reactive ketones (excluding diaryl/α,β-unsaturated/α-hetero) is 1. The zero-order chi connectivity index (χ0) is 13.1. The topological polar surface area (TPSA) is 30.0 Å². The van der Waals surface area contributed by atoms with Crippen LogP contribution in [0.3, 0.4) is 0 Å². The number of halogens is 1. The number of rotatable bonds is 4. The van der Waals surface area contributed by atoms with E-state index >= 15 is 0 Å². The van der Waals surface area contributed by atoms with Crippen molar-refractivity contribution in [3.05, 3.63) is 44.3 Å². The molecule has 1 aromatic carbocycles. The predicted octanol–water partition coefficient (Wildman–Crippen LogP) is 4.71. The van der Waals surface area contributed by atoms with Crippen molar-refractivity contribution in [3.8, 4) is 0 Å². The van der Waals surface area contributed by atoms with Gasteiger partial charge in [0.2, 0.25) is 0 Å². The summed E-state index contributed by atoms with van der Waals surface area (Å²) in [6.45, 7) is 3.48. The van der Waals surface area contributed by atoms with Crippen LogP contribution >= 0.6 is 39.0 Å². The van der Waals surface area contributed by atoms with Crippen LogP contribution in [0.1, 0.15) is 27.3 Å². The number of hydrogen-bond donors (Lipinski definition) is 0. The summed E-state index contributed by atoms with van der Waals surface area (Å²) in [6, 6.07) is 8.19. The molecule has 94 valence electrons. The number of hydrogen-bond acceptors (Lipinski definition) is 4. The molecule has 0 radical (unpaired) electrons. The molecule has 18 heavy (non-hydrogen) atoms. The number of nitrogens with zero attached hydrogens (tertiary/aromatic N) is 1. The van der Waals surface area contributed by atoms with Gasteiger partial charge in [0, 0.05) is 16.3 Å². The molecular weight excluding hydrogens is 330 g/mol. The summed E-state index contributed by atoms with van der Waals surface area (Å²) in [6.07, 6.45) is 0. The lowest BCUT2D eigenvalue weighted by atomic mass is 10.3. The smallest absolute Gasteiger partial charge is 0.171 e. The average Bonchev–Trinajstić information content (AvgIpc) is 2.70. The number of thioether (sulfide) groups is 1. The Labute approximate surface area is 123 Å². The predicted molar refractivity (Wildman–Crippen MR) is 80.6 cm³/mol. The van der Waals surface area contributed by atoms with E-state index in [-0.39, 0.29) is 5.78 Å². The van der Waals surface area contributed by atoms with E-state index in [4.69, 9.17) is 0 Å². The van der Waals surface area contributed by atoms with E-state index in [1.165, 1.54) is 16.2 Å². The Morgan fingerprint density at radius 2 is 2.06 bits per heavy atom. The summed E-state index contributed by atoms with van der Waals surface area (Å²) < 4.78 is 1.08. The molecule has 0 atom stereocenters. The molecule has 0 amide bonds. The van der Waals surface area contributed by atoms with Crippen molar-refractivity contribution in [1.29, 1.82) is 0 Å². The summed E-state index contributed by atoms with van der Waals surface area (Å²) in [7, 11) is 0. The maximum Gasteiger partial charge on any atom is 0.171 e. The Bertz CT molecular complexity index is 563. The summed E-state index contributed by atoms with van der Waals surface area (Å²) in [5, 5.41) is 1.01. The monoisotopic (exact) mass is 341 g/mol. The largest absolute Gasteiger partial charge is 0.294 e. The van der Waals surface area contributed by atoms with Gasteiger partial charge in [-0.15, -0.1) is 23.1 Å². The summed E-state index contributed by atoms with van der Waals surface area (Å²) in [5.41, 5.74) is 0.846. The van der Waals surface area contributed by atoms with Crippen LogP contribution < -0.4 is 0 Å². The SMILES string of the molecule is CC(=O)c1sc(CSc2ccc(Br)cc2)nc1C. The highest BCUT2D eigenvalue weighted by Gasteiger charge is 2.11. The maximum absolute atomic E-state index is 11.3. The van der Waals surface area contributed by atoms with Gasteiger partial charge >= 0.3 is 0 Å². The normalized spacial score (nSPS) is 10.6. The van der Waals surface area contributed by atoms with Gasteiger partial charge in [0.1, 0.15) is 5.01 Å². The Balaban J connectivity index is 2.04. The highest BCUT2D eigenvalue weighted by atomic mass is 79.9. The molecule has 0 bridgehead atoms. The molecule has 5 heteroatoms. The van der Waals surface area contributed by atoms with E-state index in [0.29, 0.717) is 0 Å². The molecular formula is C13H12BrNOS2. The Morgan fingerprint density at radius 1 is 1.39 bits per heavy atom. The first-order chi connectivity index (χ1) is 8.56. The standard InChI is InChI=1S/C13H12BrNOS2/c1-8-13(9(2)16)18-12(15-8)7-17-11-5-3-10(14)4-6-11/h3-6H,7H2,1-2H3. The van der Waals surface area contributed by atoms with Gasteiger partial charge in [-0.3, -0.25) is 4.79 Å². The van der Waals surface area contributed by atoms with Gasteiger partial charge in [0.25, 0.3) is 0 Å². The number of aromatic nitrogens is 1. The molecule has 0 fully saturated rings. The lowest BCUT2D eigenvalue weighted by molar-refractivity contribution is 0.102. The number of benzene rings is 1. The third-order valence-electron chi connectivity index (χ3n) is 2.34. The van der Waals surface area contributed by atoms with Gasteiger partial charge in [-0.1, -0.05) is 15.9 Å². The van der Waals surface area contributed by atoms with Gasteiger partial charge in [-0.05, 0) is 31.2 Å². The fourth-order valence-electron chi connectivity index (χ4n) is 1.52.